The van der Waals surface area contributed by atoms with Gasteiger partial charge in [-0.05, 0) is 56.1 Å². The van der Waals surface area contributed by atoms with Crippen molar-refractivity contribution in [1.82, 2.24) is 4.98 Å². The van der Waals surface area contributed by atoms with Gasteiger partial charge in [-0.2, -0.15) is 13.2 Å². The van der Waals surface area contributed by atoms with Gasteiger partial charge >= 0.3 is 6.18 Å². The second-order valence-corrected chi connectivity index (χ2v) is 7.34. The van der Waals surface area contributed by atoms with E-state index in [-0.39, 0.29) is 28.6 Å². The predicted molar refractivity (Wildman–Crippen MR) is 115 cm³/mol. The molecule has 1 heterocycles. The first-order valence-corrected chi connectivity index (χ1v) is 9.94. The number of halogens is 3. The van der Waals surface area contributed by atoms with Crippen LogP contribution in [-0.4, -0.2) is 24.7 Å². The maximum Gasteiger partial charge on any atom is 0.416 e. The smallest absolute Gasteiger partial charge is 0.416 e. The summed E-state index contributed by atoms with van der Waals surface area (Å²) in [4.78, 5) is 4.56. The third-order valence-corrected chi connectivity index (χ3v) is 4.86. The van der Waals surface area contributed by atoms with Gasteiger partial charge in [0.2, 0.25) is 5.88 Å². The minimum atomic E-state index is -4.45. The Kier molecular flexibility index (Phi) is 8.77. The summed E-state index contributed by atoms with van der Waals surface area (Å²) in [5.74, 6) is 0.792. The minimum Gasteiger partial charge on any atom is -0.483 e. The van der Waals surface area contributed by atoms with E-state index in [1.165, 1.54) is 19.2 Å². The zero-order valence-corrected chi connectivity index (χ0v) is 19.0. The second kappa shape index (κ2) is 10.9. The van der Waals surface area contributed by atoms with Crippen molar-refractivity contribution in [3.63, 3.8) is 0 Å². The first-order chi connectivity index (χ1) is 14.7. The number of fused-ring (bicyclic) bond motifs is 1. The monoisotopic (exact) mass is 491 g/mol. The molecule has 1 unspecified atom stereocenters. The van der Waals surface area contributed by atoms with Gasteiger partial charge in [-0.1, -0.05) is 29.6 Å². The molecule has 32 heavy (non-hydrogen) atoms. The Labute approximate surface area is 195 Å². The van der Waals surface area contributed by atoms with Crippen LogP contribution in [0.25, 0.3) is 10.9 Å². The van der Waals surface area contributed by atoms with Crippen LogP contribution in [0.3, 0.4) is 0 Å². The minimum absolute atomic E-state index is 0. The first kappa shape index (κ1) is 25.8. The molecule has 9 heteroatoms. The maximum atomic E-state index is 13.1. The summed E-state index contributed by atoms with van der Waals surface area (Å²) in [7, 11) is 1.53. The summed E-state index contributed by atoms with van der Waals surface area (Å²) in [5, 5.41) is 4.06. The van der Waals surface area contributed by atoms with Gasteiger partial charge in [0.25, 0.3) is 0 Å². The Bertz CT molecular complexity index is 1060. The van der Waals surface area contributed by atoms with Gasteiger partial charge in [-0.3, -0.25) is 0 Å². The van der Waals surface area contributed by atoms with Crippen molar-refractivity contribution in [3.8, 4) is 17.4 Å². The zero-order valence-electron chi connectivity index (χ0n) is 18.0. The van der Waals surface area contributed by atoms with Gasteiger partial charge in [0.15, 0.2) is 0 Å². The van der Waals surface area contributed by atoms with Gasteiger partial charge in [-0.15, -0.1) is 12.1 Å². The third kappa shape index (κ3) is 6.05. The molecular weight excluding hydrogens is 466 g/mol. The van der Waals surface area contributed by atoms with E-state index in [1.54, 1.807) is 12.1 Å². The number of benzene rings is 2. The number of nitrogens with one attached hydrogen (secondary N) is 1. The molecule has 3 N–H and O–H groups in total. The molecular formula is C23H25CoF3N3O2-. The third-order valence-electron chi connectivity index (χ3n) is 4.86. The fourth-order valence-electron chi connectivity index (χ4n) is 3.31. The summed E-state index contributed by atoms with van der Waals surface area (Å²) >= 11 is 0. The number of pyridine rings is 1. The van der Waals surface area contributed by atoms with Crippen molar-refractivity contribution in [2.75, 3.05) is 19.0 Å². The summed E-state index contributed by atoms with van der Waals surface area (Å²) in [6, 6.07) is 11.4. The number of alkyl halides is 3. The van der Waals surface area contributed by atoms with Crippen molar-refractivity contribution in [2.24, 2.45) is 5.73 Å². The largest absolute Gasteiger partial charge is 0.483 e. The second-order valence-electron chi connectivity index (χ2n) is 7.34. The van der Waals surface area contributed by atoms with Crippen LogP contribution in [0.1, 0.15) is 30.9 Å². The quantitative estimate of drug-likeness (QED) is 0.396. The van der Waals surface area contributed by atoms with Crippen molar-refractivity contribution in [3.05, 3.63) is 53.6 Å². The van der Waals surface area contributed by atoms with Crippen LogP contribution in [0.5, 0.6) is 17.4 Å². The van der Waals surface area contributed by atoms with Crippen LogP contribution in [0.2, 0.25) is 0 Å². The molecule has 0 saturated heterocycles. The topological polar surface area (TPSA) is 69.4 Å². The summed E-state index contributed by atoms with van der Waals surface area (Å²) in [5.41, 5.74) is 6.95. The maximum absolute atomic E-state index is 13.1. The van der Waals surface area contributed by atoms with Crippen molar-refractivity contribution in [1.29, 1.82) is 0 Å². The SMILES string of the molecule is COc1cc(C)c2c(Oc3cccc(C(F)(F)F)c3)[c-]cc(NC(C)CCCN)c2n1.[Co]. The van der Waals surface area contributed by atoms with Crippen molar-refractivity contribution in [2.45, 2.75) is 38.9 Å². The Balaban J connectivity index is 0.00000363. The van der Waals surface area contributed by atoms with Crippen LogP contribution in [0.4, 0.5) is 18.9 Å². The number of aryl methyl sites for hydroxylation is 1. The molecule has 3 aromatic rings. The fourth-order valence-corrected chi connectivity index (χ4v) is 3.31. The predicted octanol–water partition coefficient (Wildman–Crippen LogP) is 5.70. The number of nitrogens with zero attached hydrogens (tertiary/aromatic N) is 1. The van der Waals surface area contributed by atoms with Crippen molar-refractivity contribution < 1.29 is 39.4 Å². The Morgan fingerprint density at radius 1 is 1.25 bits per heavy atom. The standard InChI is InChI=1S/C23H25F3N3O2.Co/c1-14-12-20(30-3)29-22-18(28-15(2)6-5-11-27)9-10-19(21(14)22)31-17-8-4-7-16(13-17)23(24,25)26;/h4,7-9,12-13,15,28H,5-6,11,27H2,1-3H3;/q-1;. The molecule has 2 aromatic carbocycles. The van der Waals surface area contributed by atoms with Gasteiger partial charge in [0.05, 0.1) is 12.7 Å². The average molecular weight is 491 g/mol. The van der Waals surface area contributed by atoms with E-state index in [0.29, 0.717) is 29.1 Å². The van der Waals surface area contributed by atoms with Crippen LogP contribution < -0.4 is 20.5 Å². The molecule has 0 amide bonds. The zero-order chi connectivity index (χ0) is 22.6. The summed E-state index contributed by atoms with van der Waals surface area (Å²) in [6.07, 6.45) is -2.70. The van der Waals surface area contributed by atoms with E-state index in [2.05, 4.69) is 16.4 Å². The molecule has 0 aliphatic rings. The number of nitrogens with two attached hydrogens (primary N) is 1. The van der Waals surface area contributed by atoms with E-state index in [4.69, 9.17) is 15.2 Å². The Morgan fingerprint density at radius 3 is 2.66 bits per heavy atom. The van der Waals surface area contributed by atoms with Gasteiger partial charge in [0, 0.05) is 28.6 Å². The Hall–Kier alpha value is -2.49. The molecule has 5 nitrogen and oxygen atoms in total. The van der Waals surface area contributed by atoms with Gasteiger partial charge < -0.3 is 20.5 Å². The van der Waals surface area contributed by atoms with E-state index >= 15 is 0 Å². The molecule has 175 valence electrons. The molecule has 1 radical (unpaired) electrons. The van der Waals surface area contributed by atoms with Crippen LogP contribution in [0.15, 0.2) is 36.4 Å². The summed E-state index contributed by atoms with van der Waals surface area (Å²) < 4.78 is 50.3. The normalized spacial score (nSPS) is 12.2. The number of anilines is 1. The molecule has 0 saturated carbocycles. The number of rotatable bonds is 8. The first-order valence-electron chi connectivity index (χ1n) is 9.94. The summed E-state index contributed by atoms with van der Waals surface area (Å²) in [6.45, 7) is 4.51. The molecule has 0 fully saturated rings. The number of hydrogen-bond acceptors (Lipinski definition) is 5. The number of ether oxygens (including phenoxy) is 2. The van der Waals surface area contributed by atoms with Crippen LogP contribution in [0, 0.1) is 13.0 Å². The average Bonchev–Trinajstić information content (AvgIpc) is 2.73. The fraction of sp³-hybridized carbons (Fsp3) is 0.348. The number of hydrogen-bond donors (Lipinski definition) is 2. The van der Waals surface area contributed by atoms with E-state index in [1.807, 2.05) is 13.8 Å². The van der Waals surface area contributed by atoms with Gasteiger partial charge in [0.1, 0.15) is 5.75 Å². The van der Waals surface area contributed by atoms with Gasteiger partial charge in [-0.25, -0.2) is 4.98 Å². The number of methoxy groups -OCH3 is 1. The molecule has 1 atom stereocenters. The van der Waals surface area contributed by atoms with E-state index < -0.39 is 11.7 Å². The molecule has 0 aliphatic carbocycles. The van der Waals surface area contributed by atoms with Crippen LogP contribution in [-0.2, 0) is 23.0 Å². The van der Waals surface area contributed by atoms with Crippen LogP contribution >= 0.6 is 0 Å². The number of aromatic nitrogens is 1. The molecule has 0 spiro atoms. The Morgan fingerprint density at radius 2 is 2.00 bits per heavy atom. The van der Waals surface area contributed by atoms with E-state index in [9.17, 15) is 13.2 Å². The molecule has 0 bridgehead atoms. The molecule has 1 aromatic heterocycles. The van der Waals surface area contributed by atoms with E-state index in [0.717, 1.165) is 36.2 Å². The van der Waals surface area contributed by atoms with Crippen molar-refractivity contribution >= 4 is 16.6 Å². The molecule has 0 aliphatic heterocycles. The molecule has 3 rings (SSSR count).